The van der Waals surface area contributed by atoms with Gasteiger partial charge in [-0.1, -0.05) is 0 Å². The summed E-state index contributed by atoms with van der Waals surface area (Å²) in [6, 6.07) is 5.00. The largest absolute Gasteiger partial charge is 0.616 e. The van der Waals surface area contributed by atoms with Gasteiger partial charge in [-0.15, -0.1) is 4.73 Å². The number of oxazole rings is 1. The van der Waals surface area contributed by atoms with Gasteiger partial charge in [-0.2, -0.15) is 0 Å². The first kappa shape index (κ1) is 12.2. The van der Waals surface area contributed by atoms with Gasteiger partial charge in [0.15, 0.2) is 0 Å². The summed E-state index contributed by atoms with van der Waals surface area (Å²) in [6.07, 6.45) is 0.347. The van der Waals surface area contributed by atoms with Crippen molar-refractivity contribution < 1.29 is 18.7 Å². The molecule has 2 aromatic rings. The summed E-state index contributed by atoms with van der Waals surface area (Å²) in [5, 5.41) is 14.5. The van der Waals surface area contributed by atoms with Crippen LogP contribution in [0, 0.1) is 5.21 Å². The molecular weight excluding hydrogens is 236 g/mol. The Morgan fingerprint density at radius 1 is 1.56 bits per heavy atom. The number of ether oxygens (including phenoxy) is 1. The fourth-order valence-corrected chi connectivity index (χ4v) is 1.67. The van der Waals surface area contributed by atoms with Gasteiger partial charge in [0.25, 0.3) is 5.52 Å². The minimum atomic E-state index is -0.134. The molecule has 6 heteroatoms. The van der Waals surface area contributed by atoms with Crippen molar-refractivity contribution in [2.45, 2.75) is 13.3 Å². The van der Waals surface area contributed by atoms with Gasteiger partial charge in [-0.3, -0.25) is 4.79 Å². The normalized spacial score (nSPS) is 10.6. The monoisotopic (exact) mass is 250 g/mol. The maximum atomic E-state index is 11.9. The van der Waals surface area contributed by atoms with Crippen LogP contribution in [0.2, 0.25) is 0 Å². The molecule has 18 heavy (non-hydrogen) atoms. The molecule has 0 fully saturated rings. The molecule has 0 saturated carbocycles. The smallest absolute Gasteiger partial charge is 0.361 e. The van der Waals surface area contributed by atoms with Crippen LogP contribution in [0.5, 0.6) is 5.75 Å². The lowest BCUT2D eigenvalue weighted by atomic mass is 10.3. The molecule has 0 unspecified atom stereocenters. The lowest BCUT2D eigenvalue weighted by Gasteiger charge is -1.98. The number of nitrogens with zero attached hydrogens (tertiary/aromatic N) is 1. The maximum Gasteiger partial charge on any atom is 0.361 e. The first-order chi connectivity index (χ1) is 8.61. The van der Waals surface area contributed by atoms with Gasteiger partial charge in [0.1, 0.15) is 5.75 Å². The molecular formula is C12H14N2O4. The van der Waals surface area contributed by atoms with E-state index in [1.54, 1.807) is 25.3 Å². The predicted octanol–water partition coefficient (Wildman–Crippen LogP) is 0.753. The first-order valence-corrected chi connectivity index (χ1v) is 5.55. The molecule has 0 spiro atoms. The lowest BCUT2D eigenvalue weighted by Crippen LogP contribution is -2.32. The van der Waals surface area contributed by atoms with Crippen molar-refractivity contribution in [3.63, 3.8) is 0 Å². The highest BCUT2D eigenvalue weighted by molar-refractivity contribution is 5.73. The Hall–Kier alpha value is -2.24. The van der Waals surface area contributed by atoms with Crippen LogP contribution in [0.1, 0.15) is 12.8 Å². The second kappa shape index (κ2) is 4.95. The quantitative estimate of drug-likeness (QED) is 0.641. The van der Waals surface area contributed by atoms with Crippen molar-refractivity contribution in [3.05, 3.63) is 29.3 Å². The predicted molar refractivity (Wildman–Crippen MR) is 64.1 cm³/mol. The van der Waals surface area contributed by atoms with Gasteiger partial charge in [-0.05, 0) is 6.07 Å². The van der Waals surface area contributed by atoms with E-state index in [-0.39, 0.29) is 11.8 Å². The molecule has 96 valence electrons. The van der Waals surface area contributed by atoms with E-state index in [1.807, 2.05) is 0 Å². The topological polar surface area (TPSA) is 78.4 Å². The Balaban J connectivity index is 2.23. The molecule has 1 aromatic carbocycles. The van der Waals surface area contributed by atoms with E-state index in [0.29, 0.717) is 29.8 Å². The average Bonchev–Trinajstić information content (AvgIpc) is 2.65. The van der Waals surface area contributed by atoms with Crippen molar-refractivity contribution >= 4 is 17.0 Å². The number of nitrogens with one attached hydrogen (secondary N) is 1. The van der Waals surface area contributed by atoms with E-state index < -0.39 is 0 Å². The van der Waals surface area contributed by atoms with Crippen molar-refractivity contribution in [2.75, 3.05) is 13.7 Å². The van der Waals surface area contributed by atoms with Crippen LogP contribution in [-0.2, 0) is 11.2 Å². The Bertz CT molecular complexity index is 577. The molecule has 2 rings (SSSR count). The van der Waals surface area contributed by atoms with E-state index in [2.05, 4.69) is 5.32 Å². The lowest BCUT2D eigenvalue weighted by molar-refractivity contribution is -0.592. The number of rotatable bonds is 4. The van der Waals surface area contributed by atoms with Crippen molar-refractivity contribution in [1.29, 1.82) is 0 Å². The number of hydrogen-bond acceptors (Lipinski definition) is 4. The average molecular weight is 250 g/mol. The third-order valence-corrected chi connectivity index (χ3v) is 2.55. The Morgan fingerprint density at radius 2 is 2.33 bits per heavy atom. The molecule has 6 nitrogen and oxygen atoms in total. The summed E-state index contributed by atoms with van der Waals surface area (Å²) in [4.78, 5) is 10.7. The van der Waals surface area contributed by atoms with Crippen molar-refractivity contribution in [1.82, 2.24) is 5.32 Å². The Morgan fingerprint density at radius 3 is 3.00 bits per heavy atom. The fourth-order valence-electron chi connectivity index (χ4n) is 1.67. The van der Waals surface area contributed by atoms with Gasteiger partial charge >= 0.3 is 5.89 Å². The zero-order valence-corrected chi connectivity index (χ0v) is 10.2. The number of fused-ring (bicyclic) bond motifs is 1. The third kappa shape index (κ3) is 2.37. The van der Waals surface area contributed by atoms with E-state index in [1.165, 1.54) is 6.92 Å². The van der Waals surface area contributed by atoms with Gasteiger partial charge in [0.05, 0.1) is 13.5 Å². The summed E-state index contributed by atoms with van der Waals surface area (Å²) < 4.78 is 11.2. The number of carbonyl (C=O) groups excluding carboxylic acids is 1. The van der Waals surface area contributed by atoms with Crippen LogP contribution in [0.4, 0.5) is 0 Å². The number of amides is 1. The van der Waals surface area contributed by atoms with Gasteiger partial charge in [0, 0.05) is 25.6 Å². The summed E-state index contributed by atoms with van der Waals surface area (Å²) in [5.41, 5.74) is 0.927. The molecule has 0 radical (unpaired) electrons. The Kier molecular flexibility index (Phi) is 3.36. The molecule has 1 aromatic heterocycles. The van der Waals surface area contributed by atoms with E-state index >= 15 is 0 Å². The Labute approximate surface area is 104 Å². The molecule has 1 amide bonds. The summed E-state index contributed by atoms with van der Waals surface area (Å²) in [6.45, 7) is 1.79. The summed E-state index contributed by atoms with van der Waals surface area (Å²) >= 11 is 0. The highest BCUT2D eigenvalue weighted by Crippen LogP contribution is 2.20. The second-order valence-corrected chi connectivity index (χ2v) is 3.86. The van der Waals surface area contributed by atoms with E-state index in [0.717, 1.165) is 4.73 Å². The minimum absolute atomic E-state index is 0.134. The fraction of sp³-hybridized carbons (Fsp3) is 0.333. The molecule has 0 atom stereocenters. The maximum absolute atomic E-state index is 11.9. The molecule has 0 aliphatic carbocycles. The second-order valence-electron chi connectivity index (χ2n) is 3.86. The molecule has 0 bridgehead atoms. The van der Waals surface area contributed by atoms with Crippen LogP contribution in [0.25, 0.3) is 11.1 Å². The zero-order chi connectivity index (χ0) is 13.1. The summed E-state index contributed by atoms with van der Waals surface area (Å²) in [7, 11) is 1.55. The summed E-state index contributed by atoms with van der Waals surface area (Å²) in [5.74, 6) is 0.766. The molecule has 1 heterocycles. The van der Waals surface area contributed by atoms with Crippen LogP contribution in [-0.4, -0.2) is 19.6 Å². The number of aromatic nitrogens is 1. The highest BCUT2D eigenvalue weighted by atomic mass is 16.5. The van der Waals surface area contributed by atoms with Gasteiger partial charge in [0.2, 0.25) is 11.5 Å². The van der Waals surface area contributed by atoms with E-state index in [4.69, 9.17) is 9.15 Å². The first-order valence-electron chi connectivity index (χ1n) is 5.55. The molecule has 1 N–H and O–H groups in total. The molecule has 0 saturated heterocycles. The molecule has 0 aliphatic heterocycles. The standard InChI is InChI=1S/C12H14N2O4/c1-8(15)13-6-5-12-14(16)10-4-3-9(17-2)7-11(10)18-12/h3-4,7H,5-6H2,1-2H3,(H,13,15). The van der Waals surface area contributed by atoms with Gasteiger partial charge in [-0.25, -0.2) is 0 Å². The number of benzene rings is 1. The van der Waals surface area contributed by atoms with Crippen LogP contribution in [0.3, 0.4) is 0 Å². The third-order valence-electron chi connectivity index (χ3n) is 2.55. The SMILES string of the molecule is COc1ccc2c(c1)oc(CCNC(C)=O)[n+]2[O-]. The van der Waals surface area contributed by atoms with Crippen LogP contribution >= 0.6 is 0 Å². The van der Waals surface area contributed by atoms with Crippen LogP contribution < -0.4 is 14.8 Å². The number of hydrogen-bond donors (Lipinski definition) is 1. The van der Waals surface area contributed by atoms with E-state index in [9.17, 15) is 10.0 Å². The number of methoxy groups -OCH3 is 1. The minimum Gasteiger partial charge on any atom is -0.616 e. The highest BCUT2D eigenvalue weighted by Gasteiger charge is 2.18. The zero-order valence-electron chi connectivity index (χ0n) is 10.2. The van der Waals surface area contributed by atoms with Crippen molar-refractivity contribution in [2.24, 2.45) is 0 Å². The molecule has 0 aliphatic rings. The van der Waals surface area contributed by atoms with Crippen molar-refractivity contribution in [3.8, 4) is 5.75 Å². The van der Waals surface area contributed by atoms with Gasteiger partial charge < -0.3 is 19.7 Å². The van der Waals surface area contributed by atoms with Crippen LogP contribution in [0.15, 0.2) is 22.6 Å². The number of carbonyl (C=O) groups is 1.